The SMILES string of the molecule is CC=C(OS(=O)O)C(=O)OCCC. The first-order valence-corrected chi connectivity index (χ1v) is 4.77. The van der Waals surface area contributed by atoms with Gasteiger partial charge in [0.25, 0.3) is 0 Å². The standard InChI is InChI=1S/C7H12O5S/c1-3-5-11-7(8)6(4-2)12-13(9)10/h4H,3,5H2,1-2H3,(H,9,10). The quantitative estimate of drug-likeness (QED) is 0.316. The minimum Gasteiger partial charge on any atom is -0.460 e. The maximum absolute atomic E-state index is 11.0. The van der Waals surface area contributed by atoms with Gasteiger partial charge in [-0.3, -0.25) is 4.55 Å². The van der Waals surface area contributed by atoms with Gasteiger partial charge in [0.2, 0.25) is 5.76 Å². The number of ether oxygens (including phenoxy) is 1. The van der Waals surface area contributed by atoms with E-state index in [1.165, 1.54) is 13.0 Å². The van der Waals surface area contributed by atoms with Crippen molar-refractivity contribution in [1.29, 1.82) is 0 Å². The number of allylic oxidation sites excluding steroid dienone is 1. The Morgan fingerprint density at radius 2 is 2.23 bits per heavy atom. The fourth-order valence-electron chi connectivity index (χ4n) is 0.543. The number of esters is 1. The van der Waals surface area contributed by atoms with E-state index < -0.39 is 17.3 Å². The van der Waals surface area contributed by atoms with Crippen LogP contribution in [0.3, 0.4) is 0 Å². The second-order valence-electron chi connectivity index (χ2n) is 2.09. The molecule has 0 aromatic rings. The van der Waals surface area contributed by atoms with E-state index in [1.807, 2.05) is 6.92 Å². The summed E-state index contributed by atoms with van der Waals surface area (Å²) < 4.78 is 27.5. The van der Waals surface area contributed by atoms with Gasteiger partial charge in [-0.15, -0.1) is 0 Å². The van der Waals surface area contributed by atoms with Gasteiger partial charge in [0, 0.05) is 0 Å². The molecule has 0 spiro atoms. The van der Waals surface area contributed by atoms with Crippen LogP contribution in [0.1, 0.15) is 20.3 Å². The lowest BCUT2D eigenvalue weighted by Gasteiger charge is -2.04. The van der Waals surface area contributed by atoms with Crippen molar-refractivity contribution in [1.82, 2.24) is 0 Å². The fraction of sp³-hybridized carbons (Fsp3) is 0.571. The van der Waals surface area contributed by atoms with E-state index in [0.29, 0.717) is 6.42 Å². The molecule has 0 aromatic heterocycles. The van der Waals surface area contributed by atoms with E-state index in [2.05, 4.69) is 8.92 Å². The smallest absolute Gasteiger partial charge is 0.375 e. The average Bonchev–Trinajstić information content (AvgIpc) is 2.09. The van der Waals surface area contributed by atoms with E-state index in [-0.39, 0.29) is 12.4 Å². The number of carbonyl (C=O) groups excluding carboxylic acids is 1. The summed E-state index contributed by atoms with van der Waals surface area (Å²) >= 11 is -2.49. The highest BCUT2D eigenvalue weighted by molar-refractivity contribution is 7.74. The Balaban J connectivity index is 4.09. The van der Waals surface area contributed by atoms with E-state index in [1.54, 1.807) is 0 Å². The Hall–Kier alpha value is -0.880. The van der Waals surface area contributed by atoms with Crippen LogP contribution in [0.15, 0.2) is 11.8 Å². The molecule has 0 bridgehead atoms. The molecule has 76 valence electrons. The normalized spacial score (nSPS) is 13.6. The Kier molecular flexibility index (Phi) is 6.17. The van der Waals surface area contributed by atoms with Gasteiger partial charge in [0.05, 0.1) is 6.61 Å². The van der Waals surface area contributed by atoms with Crippen molar-refractivity contribution in [3.63, 3.8) is 0 Å². The maximum atomic E-state index is 11.0. The zero-order valence-corrected chi connectivity index (χ0v) is 8.30. The molecule has 0 aromatic carbocycles. The van der Waals surface area contributed by atoms with Crippen molar-refractivity contribution in [2.24, 2.45) is 0 Å². The van der Waals surface area contributed by atoms with Crippen LogP contribution in [0.2, 0.25) is 0 Å². The predicted molar refractivity (Wildman–Crippen MR) is 46.9 cm³/mol. The van der Waals surface area contributed by atoms with E-state index >= 15 is 0 Å². The minimum atomic E-state index is -2.49. The maximum Gasteiger partial charge on any atom is 0.375 e. The van der Waals surface area contributed by atoms with Gasteiger partial charge in [-0.1, -0.05) is 6.92 Å². The molecule has 6 heteroatoms. The molecule has 0 amide bonds. The Morgan fingerprint density at radius 3 is 2.62 bits per heavy atom. The molecule has 13 heavy (non-hydrogen) atoms. The summed E-state index contributed by atoms with van der Waals surface area (Å²) in [5.74, 6) is -0.985. The summed E-state index contributed by atoms with van der Waals surface area (Å²) in [6.45, 7) is 3.61. The Labute approximate surface area is 79.2 Å². The van der Waals surface area contributed by atoms with Crippen LogP contribution in [-0.2, 0) is 25.1 Å². The van der Waals surface area contributed by atoms with Crippen molar-refractivity contribution in [3.05, 3.63) is 11.8 Å². The van der Waals surface area contributed by atoms with E-state index in [4.69, 9.17) is 4.55 Å². The van der Waals surface area contributed by atoms with Crippen LogP contribution in [-0.4, -0.2) is 21.3 Å². The first-order chi connectivity index (χ1) is 6.11. The van der Waals surface area contributed by atoms with Gasteiger partial charge in [0.1, 0.15) is 0 Å². The van der Waals surface area contributed by atoms with Crippen molar-refractivity contribution >= 4 is 17.3 Å². The van der Waals surface area contributed by atoms with Crippen LogP contribution in [0.5, 0.6) is 0 Å². The molecular weight excluding hydrogens is 196 g/mol. The molecule has 0 fully saturated rings. The van der Waals surface area contributed by atoms with Gasteiger partial charge in [-0.2, -0.15) is 4.21 Å². The lowest BCUT2D eigenvalue weighted by Crippen LogP contribution is -2.12. The largest absolute Gasteiger partial charge is 0.460 e. The second-order valence-corrected chi connectivity index (χ2v) is 2.69. The second kappa shape index (κ2) is 6.62. The van der Waals surface area contributed by atoms with Gasteiger partial charge in [0.15, 0.2) is 0 Å². The summed E-state index contributed by atoms with van der Waals surface area (Å²) in [4.78, 5) is 11.0. The zero-order chi connectivity index (χ0) is 10.3. The van der Waals surface area contributed by atoms with Crippen molar-refractivity contribution in [2.45, 2.75) is 20.3 Å². The summed E-state index contributed by atoms with van der Waals surface area (Å²) in [5, 5.41) is 0. The van der Waals surface area contributed by atoms with Gasteiger partial charge in [-0.05, 0) is 19.4 Å². The Bertz CT molecular complexity index is 223. The molecule has 5 nitrogen and oxygen atoms in total. The van der Waals surface area contributed by atoms with Crippen molar-refractivity contribution in [2.75, 3.05) is 6.61 Å². The fourth-order valence-corrected chi connectivity index (χ4v) is 0.861. The van der Waals surface area contributed by atoms with E-state index in [9.17, 15) is 9.00 Å². The summed E-state index contributed by atoms with van der Waals surface area (Å²) in [7, 11) is 0. The van der Waals surface area contributed by atoms with Gasteiger partial charge >= 0.3 is 17.3 Å². The molecule has 0 aliphatic carbocycles. The third kappa shape index (κ3) is 5.37. The first-order valence-electron chi connectivity index (χ1n) is 3.74. The molecule has 0 saturated carbocycles. The molecule has 0 aliphatic rings. The average molecular weight is 208 g/mol. The third-order valence-corrected chi connectivity index (χ3v) is 1.38. The molecule has 0 radical (unpaired) electrons. The number of hydrogen-bond acceptors (Lipinski definition) is 4. The predicted octanol–water partition coefficient (Wildman–Crippen LogP) is 0.997. The lowest BCUT2D eigenvalue weighted by atomic mass is 10.4. The Morgan fingerprint density at radius 1 is 1.62 bits per heavy atom. The molecule has 0 heterocycles. The lowest BCUT2D eigenvalue weighted by molar-refractivity contribution is -0.141. The molecule has 0 saturated heterocycles. The zero-order valence-electron chi connectivity index (χ0n) is 7.48. The molecular formula is C7H12O5S. The van der Waals surface area contributed by atoms with Crippen molar-refractivity contribution in [3.8, 4) is 0 Å². The highest BCUT2D eigenvalue weighted by Crippen LogP contribution is 2.02. The van der Waals surface area contributed by atoms with Crippen molar-refractivity contribution < 1.29 is 22.5 Å². The minimum absolute atomic E-state index is 0.255. The number of carbonyl (C=O) groups is 1. The molecule has 1 N–H and O–H groups in total. The number of hydrogen-bond donors (Lipinski definition) is 1. The molecule has 1 atom stereocenters. The summed E-state index contributed by atoms with van der Waals surface area (Å²) in [5.41, 5.74) is 0. The highest BCUT2D eigenvalue weighted by atomic mass is 32.2. The van der Waals surface area contributed by atoms with E-state index in [0.717, 1.165) is 0 Å². The van der Waals surface area contributed by atoms with Crippen LogP contribution in [0.25, 0.3) is 0 Å². The van der Waals surface area contributed by atoms with Crippen LogP contribution < -0.4 is 0 Å². The highest BCUT2D eigenvalue weighted by Gasteiger charge is 2.13. The monoisotopic (exact) mass is 208 g/mol. The third-order valence-electron chi connectivity index (χ3n) is 1.06. The van der Waals surface area contributed by atoms with Crippen LogP contribution >= 0.6 is 0 Å². The molecule has 0 aliphatic heterocycles. The molecule has 1 unspecified atom stereocenters. The number of rotatable bonds is 5. The van der Waals surface area contributed by atoms with Gasteiger partial charge in [-0.25, -0.2) is 4.79 Å². The topological polar surface area (TPSA) is 72.8 Å². The van der Waals surface area contributed by atoms with Crippen LogP contribution in [0, 0.1) is 0 Å². The van der Waals surface area contributed by atoms with Crippen LogP contribution in [0.4, 0.5) is 0 Å². The molecule has 0 rings (SSSR count). The van der Waals surface area contributed by atoms with Gasteiger partial charge < -0.3 is 8.92 Å². The first kappa shape index (κ1) is 12.1. The summed E-state index contributed by atoms with van der Waals surface area (Å²) in [6, 6.07) is 0. The summed E-state index contributed by atoms with van der Waals surface area (Å²) in [6.07, 6.45) is 1.96.